The number of benzene rings is 2. The maximum absolute atomic E-state index is 12.2. The van der Waals surface area contributed by atoms with Gasteiger partial charge in [-0.2, -0.15) is 0 Å². The lowest BCUT2D eigenvalue weighted by molar-refractivity contribution is 0.589. The minimum atomic E-state index is -3.30. The van der Waals surface area contributed by atoms with E-state index in [0.29, 0.717) is 10.6 Å². The number of rotatable bonds is 5. The molecule has 25 heavy (non-hydrogen) atoms. The van der Waals surface area contributed by atoms with Crippen LogP contribution in [-0.2, 0) is 9.84 Å². The minimum absolute atomic E-state index is 0.0139. The first-order valence-electron chi connectivity index (χ1n) is 8.56. The Morgan fingerprint density at radius 1 is 1.08 bits per heavy atom. The van der Waals surface area contributed by atoms with E-state index in [2.05, 4.69) is 15.5 Å². The van der Waals surface area contributed by atoms with Gasteiger partial charge in [0.05, 0.1) is 10.6 Å². The van der Waals surface area contributed by atoms with Gasteiger partial charge in [-0.25, -0.2) is 8.42 Å². The van der Waals surface area contributed by atoms with Crippen LogP contribution in [0.25, 0.3) is 0 Å². The molecule has 2 aromatic rings. The molecule has 1 saturated heterocycles. The van der Waals surface area contributed by atoms with Gasteiger partial charge in [0.1, 0.15) is 0 Å². The van der Waals surface area contributed by atoms with E-state index in [4.69, 9.17) is 0 Å². The standard InChI is InChI=1S/C19H25N3O2S/c1-15(16-6-4-3-5-7-16)21-18-14-17(22-12-10-20-11-13-22)8-9-19(18)25(2,23)24/h3-9,14-15,20-21H,10-13H2,1-2H3. The van der Waals surface area contributed by atoms with Crippen LogP contribution < -0.4 is 15.5 Å². The van der Waals surface area contributed by atoms with Crippen LogP contribution >= 0.6 is 0 Å². The number of anilines is 2. The van der Waals surface area contributed by atoms with Gasteiger partial charge in [-0.15, -0.1) is 0 Å². The summed E-state index contributed by atoms with van der Waals surface area (Å²) < 4.78 is 24.4. The summed E-state index contributed by atoms with van der Waals surface area (Å²) >= 11 is 0. The van der Waals surface area contributed by atoms with Crippen LogP contribution in [0.1, 0.15) is 18.5 Å². The fourth-order valence-corrected chi connectivity index (χ4v) is 3.96. The maximum atomic E-state index is 12.2. The van der Waals surface area contributed by atoms with Gasteiger partial charge in [-0.1, -0.05) is 30.3 Å². The van der Waals surface area contributed by atoms with Crippen LogP contribution in [0, 0.1) is 0 Å². The van der Waals surface area contributed by atoms with Crippen molar-refractivity contribution in [3.63, 3.8) is 0 Å². The van der Waals surface area contributed by atoms with Gasteiger partial charge in [-0.05, 0) is 30.7 Å². The van der Waals surface area contributed by atoms with Gasteiger partial charge in [0.25, 0.3) is 0 Å². The molecule has 0 radical (unpaired) electrons. The van der Waals surface area contributed by atoms with Gasteiger partial charge in [0.2, 0.25) is 0 Å². The monoisotopic (exact) mass is 359 g/mol. The summed E-state index contributed by atoms with van der Waals surface area (Å²) in [7, 11) is -3.30. The molecule has 1 aliphatic rings. The Morgan fingerprint density at radius 3 is 2.40 bits per heavy atom. The highest BCUT2D eigenvalue weighted by Crippen LogP contribution is 2.30. The second-order valence-electron chi connectivity index (χ2n) is 6.47. The number of nitrogens with zero attached hydrogens (tertiary/aromatic N) is 1. The van der Waals surface area contributed by atoms with E-state index in [1.165, 1.54) is 6.26 Å². The van der Waals surface area contributed by atoms with Crippen molar-refractivity contribution in [3.05, 3.63) is 54.1 Å². The quantitative estimate of drug-likeness (QED) is 0.859. The molecule has 134 valence electrons. The van der Waals surface area contributed by atoms with E-state index < -0.39 is 9.84 Å². The first kappa shape index (κ1) is 17.8. The first-order valence-corrected chi connectivity index (χ1v) is 10.5. The molecule has 0 aliphatic carbocycles. The summed E-state index contributed by atoms with van der Waals surface area (Å²) in [6.45, 7) is 5.77. The molecule has 0 spiro atoms. The van der Waals surface area contributed by atoms with Crippen molar-refractivity contribution in [1.82, 2.24) is 5.32 Å². The molecule has 0 amide bonds. The van der Waals surface area contributed by atoms with E-state index >= 15 is 0 Å². The molecule has 0 bridgehead atoms. The van der Waals surface area contributed by atoms with Gasteiger partial charge < -0.3 is 15.5 Å². The molecule has 1 unspecified atom stereocenters. The van der Waals surface area contributed by atoms with Crippen molar-refractivity contribution in [2.75, 3.05) is 42.7 Å². The van der Waals surface area contributed by atoms with E-state index in [0.717, 1.165) is 37.4 Å². The number of sulfone groups is 1. The molecule has 1 heterocycles. The summed E-state index contributed by atoms with van der Waals surface area (Å²) in [6, 6.07) is 15.6. The second-order valence-corrected chi connectivity index (χ2v) is 8.45. The molecule has 1 aliphatic heterocycles. The average molecular weight is 359 g/mol. The van der Waals surface area contributed by atoms with Crippen LogP contribution in [0.2, 0.25) is 0 Å². The van der Waals surface area contributed by atoms with Crippen LogP contribution in [0.15, 0.2) is 53.4 Å². The third-order valence-electron chi connectivity index (χ3n) is 4.52. The third-order valence-corrected chi connectivity index (χ3v) is 5.67. The van der Waals surface area contributed by atoms with E-state index in [9.17, 15) is 8.42 Å². The predicted molar refractivity (Wildman–Crippen MR) is 103 cm³/mol. The molecular weight excluding hydrogens is 334 g/mol. The van der Waals surface area contributed by atoms with Crippen molar-refractivity contribution >= 4 is 21.2 Å². The minimum Gasteiger partial charge on any atom is -0.377 e. The SMILES string of the molecule is CC(Nc1cc(N2CCNCC2)ccc1S(C)(=O)=O)c1ccccc1. The Bertz CT molecular complexity index is 816. The molecule has 6 heteroatoms. The van der Waals surface area contributed by atoms with Crippen LogP contribution in [0.5, 0.6) is 0 Å². The lowest BCUT2D eigenvalue weighted by Crippen LogP contribution is -2.43. The molecule has 3 rings (SSSR count). The molecule has 2 N–H and O–H groups in total. The Labute approximate surface area is 150 Å². The molecule has 1 atom stereocenters. The lowest BCUT2D eigenvalue weighted by Gasteiger charge is -2.30. The van der Waals surface area contributed by atoms with Crippen LogP contribution in [0.4, 0.5) is 11.4 Å². The molecule has 1 fully saturated rings. The molecular formula is C19H25N3O2S. The number of hydrogen-bond acceptors (Lipinski definition) is 5. The highest BCUT2D eigenvalue weighted by Gasteiger charge is 2.18. The van der Waals surface area contributed by atoms with Gasteiger partial charge in [-0.3, -0.25) is 0 Å². The number of hydrogen-bond donors (Lipinski definition) is 2. The zero-order chi connectivity index (χ0) is 17.9. The smallest absolute Gasteiger partial charge is 0.177 e. The largest absolute Gasteiger partial charge is 0.377 e. The zero-order valence-electron chi connectivity index (χ0n) is 14.7. The van der Waals surface area contributed by atoms with Gasteiger partial charge in [0, 0.05) is 44.2 Å². The predicted octanol–water partition coefficient (Wildman–Crippen LogP) is 2.67. The number of nitrogens with one attached hydrogen (secondary N) is 2. The number of piperazine rings is 1. The van der Waals surface area contributed by atoms with E-state index in [1.54, 1.807) is 6.07 Å². The molecule has 0 saturated carbocycles. The van der Waals surface area contributed by atoms with Gasteiger partial charge >= 0.3 is 0 Å². The van der Waals surface area contributed by atoms with Crippen molar-refractivity contribution in [2.45, 2.75) is 17.9 Å². The second kappa shape index (κ2) is 7.45. The molecule has 2 aromatic carbocycles. The maximum Gasteiger partial charge on any atom is 0.177 e. The highest BCUT2D eigenvalue weighted by molar-refractivity contribution is 7.90. The fraction of sp³-hybridized carbons (Fsp3) is 0.368. The summed E-state index contributed by atoms with van der Waals surface area (Å²) in [5, 5.41) is 6.73. The Kier molecular flexibility index (Phi) is 5.30. The van der Waals surface area contributed by atoms with Crippen molar-refractivity contribution < 1.29 is 8.42 Å². The van der Waals surface area contributed by atoms with Crippen molar-refractivity contribution in [1.29, 1.82) is 0 Å². The molecule has 5 nitrogen and oxygen atoms in total. The highest BCUT2D eigenvalue weighted by atomic mass is 32.2. The Balaban J connectivity index is 1.93. The van der Waals surface area contributed by atoms with Crippen molar-refractivity contribution in [2.24, 2.45) is 0 Å². The Morgan fingerprint density at radius 2 is 1.76 bits per heavy atom. The summed E-state index contributed by atoms with van der Waals surface area (Å²) in [6.07, 6.45) is 1.26. The van der Waals surface area contributed by atoms with Crippen LogP contribution in [-0.4, -0.2) is 40.9 Å². The summed E-state index contributed by atoms with van der Waals surface area (Å²) in [5.74, 6) is 0. The normalized spacial score (nSPS) is 16.5. The zero-order valence-corrected chi connectivity index (χ0v) is 15.5. The first-order chi connectivity index (χ1) is 11.9. The summed E-state index contributed by atoms with van der Waals surface area (Å²) in [4.78, 5) is 2.62. The topological polar surface area (TPSA) is 61.4 Å². The van der Waals surface area contributed by atoms with Crippen LogP contribution in [0.3, 0.4) is 0 Å². The van der Waals surface area contributed by atoms with E-state index in [-0.39, 0.29) is 6.04 Å². The summed E-state index contributed by atoms with van der Waals surface area (Å²) in [5.41, 5.74) is 2.83. The van der Waals surface area contributed by atoms with Crippen molar-refractivity contribution in [3.8, 4) is 0 Å². The molecule has 0 aromatic heterocycles. The third kappa shape index (κ3) is 4.32. The Hall–Kier alpha value is -2.05. The average Bonchev–Trinajstić information content (AvgIpc) is 2.62. The lowest BCUT2D eigenvalue weighted by atomic mass is 10.1. The fourth-order valence-electron chi connectivity index (χ4n) is 3.13. The van der Waals surface area contributed by atoms with Gasteiger partial charge in [0.15, 0.2) is 9.84 Å². The van der Waals surface area contributed by atoms with E-state index in [1.807, 2.05) is 49.4 Å².